The fraction of sp³-hybridized carbons (Fsp3) is 0.500. The van der Waals surface area contributed by atoms with Gasteiger partial charge >= 0.3 is 12.0 Å². The lowest BCUT2D eigenvalue weighted by molar-refractivity contribution is -0.141. The third-order valence-electron chi connectivity index (χ3n) is 3.63. The molecule has 21 heavy (non-hydrogen) atoms. The summed E-state index contributed by atoms with van der Waals surface area (Å²) < 4.78 is 4.81. The first-order chi connectivity index (χ1) is 10.1. The summed E-state index contributed by atoms with van der Waals surface area (Å²) in [6.07, 6.45) is 1.93. The lowest BCUT2D eigenvalue weighted by atomic mass is 10.0. The van der Waals surface area contributed by atoms with Gasteiger partial charge in [-0.25, -0.2) is 4.79 Å². The van der Waals surface area contributed by atoms with Crippen LogP contribution in [0.5, 0.6) is 0 Å². The van der Waals surface area contributed by atoms with Crippen LogP contribution in [0.25, 0.3) is 0 Å². The number of ether oxygens (including phenoxy) is 1. The Balaban J connectivity index is 1.98. The molecular formula is C16H22N2O3. The number of benzene rings is 1. The molecule has 0 saturated carbocycles. The maximum atomic E-state index is 12.2. The van der Waals surface area contributed by atoms with E-state index in [0.717, 1.165) is 18.4 Å². The summed E-state index contributed by atoms with van der Waals surface area (Å²) in [5.74, 6) is -0.405. The third kappa shape index (κ3) is 3.97. The first-order valence-electron chi connectivity index (χ1n) is 7.38. The number of nitrogens with zero attached hydrogens (tertiary/aromatic N) is 1. The van der Waals surface area contributed by atoms with E-state index in [1.54, 1.807) is 11.8 Å². The average molecular weight is 290 g/mol. The molecule has 1 heterocycles. The molecule has 2 amide bonds. The molecule has 1 N–H and O–H groups in total. The van der Waals surface area contributed by atoms with Gasteiger partial charge in [-0.15, -0.1) is 0 Å². The van der Waals surface area contributed by atoms with Crippen LogP contribution in [-0.4, -0.2) is 36.6 Å². The van der Waals surface area contributed by atoms with Crippen LogP contribution < -0.4 is 5.32 Å². The zero-order valence-corrected chi connectivity index (χ0v) is 12.6. The molecule has 1 fully saturated rings. The number of rotatable bonds is 4. The lowest BCUT2D eigenvalue weighted by Crippen LogP contribution is -2.42. The van der Waals surface area contributed by atoms with Crippen molar-refractivity contribution in [2.45, 2.75) is 32.7 Å². The topological polar surface area (TPSA) is 58.6 Å². The van der Waals surface area contributed by atoms with Crippen molar-refractivity contribution in [3.63, 3.8) is 0 Å². The molecule has 1 saturated heterocycles. The number of urea groups is 1. The van der Waals surface area contributed by atoms with Crippen LogP contribution in [-0.2, 0) is 9.53 Å². The van der Waals surface area contributed by atoms with Crippen molar-refractivity contribution >= 4 is 12.0 Å². The fourth-order valence-corrected chi connectivity index (χ4v) is 2.70. The highest BCUT2D eigenvalue weighted by Crippen LogP contribution is 2.32. The smallest absolute Gasteiger partial charge is 0.325 e. The van der Waals surface area contributed by atoms with Crippen molar-refractivity contribution in [2.75, 3.05) is 19.7 Å². The normalized spacial score (nSPS) is 17.6. The summed E-state index contributed by atoms with van der Waals surface area (Å²) in [6.45, 7) is 4.75. The lowest BCUT2D eigenvalue weighted by Gasteiger charge is -2.25. The SMILES string of the molecule is CCOC(=O)CNC(=O)N1CCCC1c1cccc(C)c1. The molecule has 0 bridgehead atoms. The number of carbonyl (C=O) groups is 2. The number of amides is 2. The number of hydrogen-bond acceptors (Lipinski definition) is 3. The Morgan fingerprint density at radius 3 is 2.95 bits per heavy atom. The fourth-order valence-electron chi connectivity index (χ4n) is 2.70. The molecular weight excluding hydrogens is 268 g/mol. The van der Waals surface area contributed by atoms with Gasteiger partial charge in [0.25, 0.3) is 0 Å². The van der Waals surface area contributed by atoms with Crippen LogP contribution in [0.2, 0.25) is 0 Å². The molecule has 0 spiro atoms. The van der Waals surface area contributed by atoms with Gasteiger partial charge in [0, 0.05) is 6.54 Å². The average Bonchev–Trinajstić information content (AvgIpc) is 2.94. The second-order valence-electron chi connectivity index (χ2n) is 5.23. The number of carbonyl (C=O) groups excluding carboxylic acids is 2. The van der Waals surface area contributed by atoms with E-state index in [1.807, 2.05) is 19.1 Å². The van der Waals surface area contributed by atoms with Crippen molar-refractivity contribution in [3.05, 3.63) is 35.4 Å². The van der Waals surface area contributed by atoms with Crippen molar-refractivity contribution in [1.29, 1.82) is 0 Å². The maximum Gasteiger partial charge on any atom is 0.325 e. The molecule has 114 valence electrons. The van der Waals surface area contributed by atoms with Crippen molar-refractivity contribution < 1.29 is 14.3 Å². The zero-order chi connectivity index (χ0) is 15.2. The quantitative estimate of drug-likeness (QED) is 0.866. The highest BCUT2D eigenvalue weighted by molar-refractivity contribution is 5.81. The Bertz CT molecular complexity index is 516. The van der Waals surface area contributed by atoms with Crippen molar-refractivity contribution in [3.8, 4) is 0 Å². The summed E-state index contributed by atoms with van der Waals surface area (Å²) in [5.41, 5.74) is 2.34. The Hall–Kier alpha value is -2.04. The second kappa shape index (κ2) is 7.11. The van der Waals surface area contributed by atoms with Gasteiger partial charge in [0.15, 0.2) is 0 Å². The van der Waals surface area contributed by atoms with Gasteiger partial charge in [-0.1, -0.05) is 29.8 Å². The molecule has 0 aliphatic carbocycles. The minimum Gasteiger partial charge on any atom is -0.465 e. The molecule has 1 aliphatic rings. The minimum atomic E-state index is -0.405. The summed E-state index contributed by atoms with van der Waals surface area (Å²) in [7, 11) is 0. The molecule has 1 aromatic carbocycles. The number of likely N-dealkylation sites (tertiary alicyclic amines) is 1. The highest BCUT2D eigenvalue weighted by atomic mass is 16.5. The van der Waals surface area contributed by atoms with E-state index in [0.29, 0.717) is 13.2 Å². The summed E-state index contributed by atoms with van der Waals surface area (Å²) in [6, 6.07) is 8.11. The third-order valence-corrected chi connectivity index (χ3v) is 3.63. The summed E-state index contributed by atoms with van der Waals surface area (Å²) in [4.78, 5) is 25.3. The molecule has 5 nitrogen and oxygen atoms in total. The Morgan fingerprint density at radius 2 is 2.24 bits per heavy atom. The predicted octanol–water partition coefficient (Wildman–Crippen LogP) is 2.40. The molecule has 2 rings (SSSR count). The van der Waals surface area contributed by atoms with E-state index in [-0.39, 0.29) is 18.6 Å². The Morgan fingerprint density at radius 1 is 1.43 bits per heavy atom. The summed E-state index contributed by atoms with van der Waals surface area (Å²) >= 11 is 0. The molecule has 1 atom stereocenters. The summed E-state index contributed by atoms with van der Waals surface area (Å²) in [5, 5.41) is 2.64. The van der Waals surface area contributed by atoms with Crippen molar-refractivity contribution in [1.82, 2.24) is 10.2 Å². The molecule has 0 aromatic heterocycles. The minimum absolute atomic E-state index is 0.0797. The zero-order valence-electron chi connectivity index (χ0n) is 12.6. The number of nitrogens with one attached hydrogen (secondary N) is 1. The molecule has 0 radical (unpaired) electrons. The Labute approximate surface area is 125 Å². The molecule has 1 aliphatic heterocycles. The number of hydrogen-bond donors (Lipinski definition) is 1. The van der Waals surface area contributed by atoms with Crippen LogP contribution in [0.15, 0.2) is 24.3 Å². The molecule has 1 unspecified atom stereocenters. The highest BCUT2D eigenvalue weighted by Gasteiger charge is 2.30. The van der Waals surface area contributed by atoms with Gasteiger partial charge in [0.05, 0.1) is 12.6 Å². The van der Waals surface area contributed by atoms with E-state index in [4.69, 9.17) is 4.74 Å². The maximum absolute atomic E-state index is 12.2. The number of esters is 1. The van der Waals surface area contributed by atoms with E-state index < -0.39 is 5.97 Å². The standard InChI is InChI=1S/C16H22N2O3/c1-3-21-15(19)11-17-16(20)18-9-5-8-14(18)13-7-4-6-12(2)10-13/h4,6-7,10,14H,3,5,8-9,11H2,1-2H3,(H,17,20). The first-order valence-corrected chi connectivity index (χ1v) is 7.38. The Kier molecular flexibility index (Phi) is 5.20. The van der Waals surface area contributed by atoms with E-state index in [2.05, 4.69) is 17.4 Å². The van der Waals surface area contributed by atoms with E-state index >= 15 is 0 Å². The van der Waals surface area contributed by atoms with Crippen LogP contribution in [0.3, 0.4) is 0 Å². The first kappa shape index (κ1) is 15.4. The van der Waals surface area contributed by atoms with Crippen LogP contribution >= 0.6 is 0 Å². The number of aryl methyl sites for hydroxylation is 1. The second-order valence-corrected chi connectivity index (χ2v) is 5.23. The van der Waals surface area contributed by atoms with Crippen LogP contribution in [0.4, 0.5) is 4.79 Å². The van der Waals surface area contributed by atoms with Gasteiger partial charge < -0.3 is 15.0 Å². The van der Waals surface area contributed by atoms with Gasteiger partial charge in [0.1, 0.15) is 6.54 Å². The monoisotopic (exact) mass is 290 g/mol. The van der Waals surface area contributed by atoms with Gasteiger partial charge in [0.2, 0.25) is 0 Å². The molecule has 5 heteroatoms. The van der Waals surface area contributed by atoms with Gasteiger partial charge in [-0.2, -0.15) is 0 Å². The predicted molar refractivity (Wildman–Crippen MR) is 79.9 cm³/mol. The van der Waals surface area contributed by atoms with Gasteiger partial charge in [-0.3, -0.25) is 4.79 Å². The van der Waals surface area contributed by atoms with Gasteiger partial charge in [-0.05, 0) is 32.3 Å². The largest absolute Gasteiger partial charge is 0.465 e. The van der Waals surface area contributed by atoms with Crippen LogP contribution in [0.1, 0.15) is 36.9 Å². The molecule has 1 aromatic rings. The van der Waals surface area contributed by atoms with Crippen LogP contribution in [0, 0.1) is 6.92 Å². The van der Waals surface area contributed by atoms with Crippen molar-refractivity contribution in [2.24, 2.45) is 0 Å². The van der Waals surface area contributed by atoms with E-state index in [9.17, 15) is 9.59 Å². The van der Waals surface area contributed by atoms with E-state index in [1.165, 1.54) is 5.56 Å².